The third-order valence-corrected chi connectivity index (χ3v) is 7.21. The van der Waals surface area contributed by atoms with Crippen LogP contribution in [-0.2, 0) is 10.2 Å². The molecule has 0 spiro atoms. The van der Waals surface area contributed by atoms with E-state index in [0.29, 0.717) is 30.9 Å². The van der Waals surface area contributed by atoms with Crippen LogP contribution in [0.2, 0.25) is 0 Å². The molecule has 0 aromatic rings. The molecule has 5 nitrogen and oxygen atoms in total. The highest BCUT2D eigenvalue weighted by molar-refractivity contribution is 8.02. The van der Waals surface area contributed by atoms with Gasteiger partial charge < -0.3 is 5.73 Å². The topological polar surface area (TPSA) is 75.4 Å². The summed E-state index contributed by atoms with van der Waals surface area (Å²) in [4.78, 5) is 0.488. The van der Waals surface area contributed by atoms with Gasteiger partial charge in [-0.1, -0.05) is 12.2 Å². The highest BCUT2D eigenvalue weighted by atomic mass is 32.2. The molecule has 0 bridgehead atoms. The molecule has 104 valence electrons. The molecular formula is C10H19N3O2S3. The molecule has 1 saturated carbocycles. The van der Waals surface area contributed by atoms with E-state index in [0.717, 1.165) is 12.8 Å². The van der Waals surface area contributed by atoms with Gasteiger partial charge in [0.25, 0.3) is 10.2 Å². The van der Waals surface area contributed by atoms with Crippen LogP contribution in [-0.4, -0.2) is 47.8 Å². The maximum Gasteiger partial charge on any atom is 0.279 e. The summed E-state index contributed by atoms with van der Waals surface area (Å²) in [6, 6.07) is 0.151. The van der Waals surface area contributed by atoms with Crippen LogP contribution < -0.4 is 10.5 Å². The van der Waals surface area contributed by atoms with Crippen LogP contribution in [0, 0.1) is 0 Å². The Morgan fingerprint density at radius 1 is 1.44 bits per heavy atom. The smallest absolute Gasteiger partial charge is 0.279 e. The van der Waals surface area contributed by atoms with Crippen molar-refractivity contribution in [2.24, 2.45) is 5.73 Å². The highest BCUT2D eigenvalue weighted by Crippen LogP contribution is 2.35. The molecule has 0 radical (unpaired) electrons. The number of nitrogens with one attached hydrogen (secondary N) is 1. The molecule has 3 N–H and O–H groups in total. The standard InChI is InChI=1S/C10H19N3O2S3/c1-17-10(9(11)16)4-6-13(7-5-10)18(14,15)12-8-2-3-8/h8,12H,2-7H2,1H3,(H2,11,16). The largest absolute Gasteiger partial charge is 0.392 e. The van der Waals surface area contributed by atoms with Crippen LogP contribution in [0.25, 0.3) is 0 Å². The van der Waals surface area contributed by atoms with Gasteiger partial charge in [-0.15, -0.1) is 0 Å². The third-order valence-electron chi connectivity index (χ3n) is 3.60. The summed E-state index contributed by atoms with van der Waals surface area (Å²) in [5.41, 5.74) is 5.78. The van der Waals surface area contributed by atoms with E-state index >= 15 is 0 Å². The van der Waals surface area contributed by atoms with Crippen molar-refractivity contribution in [1.82, 2.24) is 9.03 Å². The number of thioether (sulfide) groups is 1. The van der Waals surface area contributed by atoms with Crippen LogP contribution in [0.15, 0.2) is 0 Å². The molecule has 18 heavy (non-hydrogen) atoms. The number of nitrogens with two attached hydrogens (primary N) is 1. The van der Waals surface area contributed by atoms with Gasteiger partial charge >= 0.3 is 0 Å². The van der Waals surface area contributed by atoms with E-state index in [4.69, 9.17) is 18.0 Å². The van der Waals surface area contributed by atoms with Crippen molar-refractivity contribution in [3.8, 4) is 0 Å². The molecule has 2 aliphatic rings. The Bertz CT molecular complexity index is 426. The summed E-state index contributed by atoms with van der Waals surface area (Å²) in [5, 5.41) is 0. The third kappa shape index (κ3) is 2.98. The zero-order chi connectivity index (χ0) is 13.4. The van der Waals surface area contributed by atoms with Crippen molar-refractivity contribution in [2.75, 3.05) is 19.3 Å². The SMILES string of the molecule is CSC1(C(N)=S)CCN(S(=O)(=O)NC2CC2)CC1. The lowest BCUT2D eigenvalue weighted by atomic mass is 9.97. The van der Waals surface area contributed by atoms with E-state index in [1.165, 1.54) is 4.31 Å². The molecule has 2 rings (SSSR count). The predicted octanol–water partition coefficient (Wildman–Crippen LogP) is 0.467. The highest BCUT2D eigenvalue weighted by Gasteiger charge is 2.40. The summed E-state index contributed by atoms with van der Waals surface area (Å²) in [5.74, 6) is 0. The lowest BCUT2D eigenvalue weighted by molar-refractivity contribution is 0.328. The van der Waals surface area contributed by atoms with Gasteiger partial charge in [0.05, 0.1) is 9.74 Å². The molecule has 0 aromatic carbocycles. The molecule has 8 heteroatoms. The summed E-state index contributed by atoms with van der Waals surface area (Å²) in [7, 11) is -3.31. The number of thiocarbonyl (C=S) groups is 1. The average molecular weight is 309 g/mol. The normalized spacial score (nSPS) is 24.9. The Morgan fingerprint density at radius 3 is 2.39 bits per heavy atom. The maximum atomic E-state index is 12.0. The van der Waals surface area contributed by atoms with Gasteiger partial charge in [-0.2, -0.15) is 29.2 Å². The van der Waals surface area contributed by atoms with E-state index < -0.39 is 10.2 Å². The minimum Gasteiger partial charge on any atom is -0.392 e. The van der Waals surface area contributed by atoms with Crippen molar-refractivity contribution in [1.29, 1.82) is 0 Å². The number of rotatable bonds is 5. The summed E-state index contributed by atoms with van der Waals surface area (Å²) < 4.78 is 28.1. The van der Waals surface area contributed by atoms with Gasteiger partial charge in [0.1, 0.15) is 0 Å². The van der Waals surface area contributed by atoms with E-state index in [1.807, 2.05) is 6.26 Å². The summed E-state index contributed by atoms with van der Waals surface area (Å²) in [6.45, 7) is 0.973. The van der Waals surface area contributed by atoms with Crippen molar-refractivity contribution in [3.05, 3.63) is 0 Å². The van der Waals surface area contributed by atoms with Gasteiger partial charge in [0.2, 0.25) is 0 Å². The van der Waals surface area contributed by atoms with E-state index in [1.54, 1.807) is 11.8 Å². The Labute approximate surface area is 118 Å². The molecule has 0 aromatic heterocycles. The zero-order valence-electron chi connectivity index (χ0n) is 10.4. The van der Waals surface area contributed by atoms with Crippen LogP contribution in [0.5, 0.6) is 0 Å². The Morgan fingerprint density at radius 2 is 2.00 bits per heavy atom. The first kappa shape index (κ1) is 14.5. The number of nitrogens with zero attached hydrogens (tertiary/aromatic N) is 1. The Balaban J connectivity index is 1.99. The van der Waals surface area contributed by atoms with Crippen LogP contribution >= 0.6 is 24.0 Å². The van der Waals surface area contributed by atoms with Gasteiger partial charge in [0, 0.05) is 19.1 Å². The fourth-order valence-electron chi connectivity index (χ4n) is 2.13. The lowest BCUT2D eigenvalue weighted by Crippen LogP contribution is -2.53. The van der Waals surface area contributed by atoms with Gasteiger partial charge in [-0.3, -0.25) is 0 Å². The predicted molar refractivity (Wildman–Crippen MR) is 78.9 cm³/mol. The second kappa shape index (κ2) is 5.24. The first-order valence-electron chi connectivity index (χ1n) is 6.02. The molecular weight excluding hydrogens is 290 g/mol. The molecule has 0 unspecified atom stereocenters. The van der Waals surface area contributed by atoms with Gasteiger partial charge in [-0.25, -0.2) is 0 Å². The monoisotopic (exact) mass is 309 g/mol. The molecule has 2 fully saturated rings. The minimum atomic E-state index is -3.31. The molecule has 1 heterocycles. The number of hydrogen-bond donors (Lipinski definition) is 2. The second-order valence-corrected chi connectivity index (χ2v) is 8.19. The lowest BCUT2D eigenvalue weighted by Gasteiger charge is -2.39. The quantitative estimate of drug-likeness (QED) is 0.722. The van der Waals surface area contributed by atoms with Crippen LogP contribution in [0.3, 0.4) is 0 Å². The summed E-state index contributed by atoms with van der Waals surface area (Å²) >= 11 is 6.74. The maximum absolute atomic E-state index is 12.0. The zero-order valence-corrected chi connectivity index (χ0v) is 12.8. The van der Waals surface area contributed by atoms with Crippen LogP contribution in [0.4, 0.5) is 0 Å². The van der Waals surface area contributed by atoms with Crippen molar-refractivity contribution in [2.45, 2.75) is 36.5 Å². The van der Waals surface area contributed by atoms with Crippen molar-refractivity contribution in [3.63, 3.8) is 0 Å². The van der Waals surface area contributed by atoms with E-state index in [2.05, 4.69) is 4.72 Å². The first-order chi connectivity index (χ1) is 8.39. The van der Waals surface area contributed by atoms with Crippen molar-refractivity contribution >= 4 is 39.2 Å². The average Bonchev–Trinajstić information content (AvgIpc) is 3.12. The minimum absolute atomic E-state index is 0.151. The van der Waals surface area contributed by atoms with E-state index in [-0.39, 0.29) is 10.8 Å². The fraction of sp³-hybridized carbons (Fsp3) is 0.900. The molecule has 1 aliphatic carbocycles. The van der Waals surface area contributed by atoms with Gasteiger partial charge in [-0.05, 0) is 31.9 Å². The van der Waals surface area contributed by atoms with E-state index in [9.17, 15) is 8.42 Å². The number of hydrogen-bond acceptors (Lipinski definition) is 4. The van der Waals surface area contributed by atoms with Crippen LogP contribution in [0.1, 0.15) is 25.7 Å². The molecule has 1 aliphatic heterocycles. The Kier molecular flexibility index (Phi) is 4.23. The molecule has 0 amide bonds. The second-order valence-electron chi connectivity index (χ2n) is 4.86. The van der Waals surface area contributed by atoms with Crippen molar-refractivity contribution < 1.29 is 8.42 Å². The summed E-state index contributed by atoms with van der Waals surface area (Å²) in [6.07, 6.45) is 5.26. The molecule has 1 saturated heterocycles. The molecule has 0 atom stereocenters. The fourth-order valence-corrected chi connectivity index (χ4v) is 4.84. The van der Waals surface area contributed by atoms with Gasteiger partial charge in [0.15, 0.2) is 0 Å². The number of piperidine rings is 1. The first-order valence-corrected chi connectivity index (χ1v) is 9.09. The Hall–Kier alpha value is 0.110.